The number of nitrogens with one attached hydrogen (secondary N) is 2. The molecule has 1 heterocycles. The van der Waals surface area contributed by atoms with E-state index in [1.165, 1.54) is 0 Å². The number of amidine groups is 1. The lowest BCUT2D eigenvalue weighted by Gasteiger charge is -2.24. The minimum absolute atomic E-state index is 0.0734. The third-order valence-electron chi connectivity index (χ3n) is 1.91. The molecule has 0 unspecified atom stereocenters. The molecular weight excluding hydrogens is 168 g/mol. The summed E-state index contributed by atoms with van der Waals surface area (Å²) in [7, 11) is 0. The molecule has 13 heavy (non-hydrogen) atoms. The van der Waals surface area contributed by atoms with E-state index >= 15 is 0 Å². The summed E-state index contributed by atoms with van der Waals surface area (Å²) in [5, 5.41) is 0. The summed E-state index contributed by atoms with van der Waals surface area (Å²) in [6, 6.07) is -0.275. The average Bonchev–Trinajstić information content (AvgIpc) is 2.08. The molecule has 0 saturated heterocycles. The number of rotatable bonds is 3. The molecule has 0 aromatic rings. The van der Waals surface area contributed by atoms with Crippen LogP contribution in [0.25, 0.3) is 0 Å². The van der Waals surface area contributed by atoms with Crippen molar-refractivity contribution in [2.24, 2.45) is 16.6 Å². The summed E-state index contributed by atoms with van der Waals surface area (Å²) in [6.07, 6.45) is 0.670. The summed E-state index contributed by atoms with van der Waals surface area (Å²) in [4.78, 5) is 15.5. The molecule has 1 rings (SSSR count). The lowest BCUT2D eigenvalue weighted by Crippen LogP contribution is -2.52. The van der Waals surface area contributed by atoms with Crippen molar-refractivity contribution in [1.82, 2.24) is 10.9 Å². The number of amides is 1. The summed E-state index contributed by atoms with van der Waals surface area (Å²) in [5.41, 5.74) is 10.7. The lowest BCUT2D eigenvalue weighted by molar-refractivity contribution is -0.124. The van der Waals surface area contributed by atoms with Crippen molar-refractivity contribution in [3.63, 3.8) is 0 Å². The zero-order chi connectivity index (χ0) is 9.84. The van der Waals surface area contributed by atoms with Crippen molar-refractivity contribution in [2.45, 2.75) is 26.3 Å². The Morgan fingerprint density at radius 2 is 2.23 bits per heavy atom. The molecule has 0 bridgehead atoms. The van der Waals surface area contributed by atoms with E-state index in [1.807, 2.05) is 13.8 Å². The zero-order valence-corrected chi connectivity index (χ0v) is 8.00. The highest BCUT2D eigenvalue weighted by molar-refractivity contribution is 5.93. The van der Waals surface area contributed by atoms with E-state index in [0.717, 1.165) is 5.84 Å². The van der Waals surface area contributed by atoms with E-state index in [1.54, 1.807) is 0 Å². The molecule has 0 aliphatic carbocycles. The molecule has 1 aliphatic rings. The van der Waals surface area contributed by atoms with E-state index in [-0.39, 0.29) is 17.9 Å². The van der Waals surface area contributed by atoms with E-state index in [9.17, 15) is 4.79 Å². The van der Waals surface area contributed by atoms with E-state index < -0.39 is 0 Å². The molecule has 0 saturated carbocycles. The van der Waals surface area contributed by atoms with Crippen LogP contribution in [0.5, 0.6) is 0 Å². The van der Waals surface area contributed by atoms with Gasteiger partial charge in [0, 0.05) is 6.42 Å². The Morgan fingerprint density at radius 3 is 2.77 bits per heavy atom. The topological polar surface area (TPSA) is 79.5 Å². The molecule has 1 atom stereocenters. The highest BCUT2D eigenvalue weighted by Crippen LogP contribution is 2.09. The average molecular weight is 184 g/mol. The van der Waals surface area contributed by atoms with Gasteiger partial charge in [-0.05, 0) is 12.5 Å². The highest BCUT2D eigenvalue weighted by Gasteiger charge is 2.25. The van der Waals surface area contributed by atoms with Crippen LogP contribution < -0.4 is 16.6 Å². The summed E-state index contributed by atoms with van der Waals surface area (Å²) < 4.78 is 0. The molecule has 0 radical (unpaired) electrons. The van der Waals surface area contributed by atoms with Crippen LogP contribution in [-0.4, -0.2) is 24.3 Å². The van der Waals surface area contributed by atoms with Crippen molar-refractivity contribution in [3.05, 3.63) is 0 Å². The fourth-order valence-electron chi connectivity index (χ4n) is 1.18. The Hall–Kier alpha value is -1.10. The van der Waals surface area contributed by atoms with Crippen molar-refractivity contribution in [2.75, 3.05) is 6.54 Å². The van der Waals surface area contributed by atoms with Crippen LogP contribution in [0.1, 0.15) is 20.3 Å². The second kappa shape index (κ2) is 4.23. The maximum atomic E-state index is 11.3. The first-order valence-corrected chi connectivity index (χ1v) is 4.47. The van der Waals surface area contributed by atoms with Gasteiger partial charge < -0.3 is 5.73 Å². The van der Waals surface area contributed by atoms with E-state index in [2.05, 4.69) is 15.8 Å². The van der Waals surface area contributed by atoms with Crippen molar-refractivity contribution in [3.8, 4) is 0 Å². The predicted molar refractivity (Wildman–Crippen MR) is 51.0 cm³/mol. The summed E-state index contributed by atoms with van der Waals surface area (Å²) in [6.45, 7) is 4.48. The second-order valence-electron chi connectivity index (χ2n) is 3.42. The van der Waals surface area contributed by atoms with Gasteiger partial charge in [-0.25, -0.2) is 0 Å². The number of hydrazine groups is 1. The predicted octanol–water partition coefficient (Wildman–Crippen LogP) is -0.607. The SMILES string of the molecule is CC(C)[C@H]1N=C(CCN)NNC1=O. The third kappa shape index (κ3) is 2.42. The summed E-state index contributed by atoms with van der Waals surface area (Å²) in [5.74, 6) is 0.909. The minimum Gasteiger partial charge on any atom is -0.330 e. The first kappa shape index (κ1) is 9.98. The number of carbonyl (C=O) groups is 1. The molecule has 5 nitrogen and oxygen atoms in total. The number of carbonyl (C=O) groups excluding carboxylic acids is 1. The van der Waals surface area contributed by atoms with E-state index in [4.69, 9.17) is 5.73 Å². The van der Waals surface area contributed by atoms with Gasteiger partial charge in [0.25, 0.3) is 5.91 Å². The van der Waals surface area contributed by atoms with Gasteiger partial charge in [-0.15, -0.1) is 0 Å². The maximum absolute atomic E-state index is 11.3. The molecule has 0 aromatic heterocycles. The molecule has 74 valence electrons. The molecule has 1 aliphatic heterocycles. The molecule has 0 spiro atoms. The smallest absolute Gasteiger partial charge is 0.263 e. The van der Waals surface area contributed by atoms with Gasteiger partial charge in [0.15, 0.2) is 0 Å². The molecule has 5 heteroatoms. The summed E-state index contributed by atoms with van der Waals surface area (Å²) >= 11 is 0. The first-order chi connectivity index (χ1) is 6.15. The van der Waals surface area contributed by atoms with Crippen LogP contribution in [0.2, 0.25) is 0 Å². The Bertz CT molecular complexity index is 224. The number of aliphatic imine (C=N–C) groups is 1. The van der Waals surface area contributed by atoms with Gasteiger partial charge in [-0.2, -0.15) is 0 Å². The van der Waals surface area contributed by atoms with Gasteiger partial charge in [0.05, 0.1) is 0 Å². The Kier molecular flexibility index (Phi) is 3.25. The number of hydrogen-bond acceptors (Lipinski definition) is 4. The number of hydrogen-bond donors (Lipinski definition) is 3. The Morgan fingerprint density at radius 1 is 1.54 bits per heavy atom. The number of nitrogens with two attached hydrogens (primary N) is 1. The Labute approximate surface area is 77.8 Å². The quantitative estimate of drug-likeness (QED) is 0.547. The van der Waals surface area contributed by atoms with Gasteiger partial charge in [-0.1, -0.05) is 13.8 Å². The molecule has 0 fully saturated rings. The standard InChI is InChI=1S/C8H16N4O/c1-5(2)7-8(13)12-11-6(10-7)3-4-9/h5,7H,3-4,9H2,1-2H3,(H,10,11)(H,12,13)/t7-/m1/s1. The van der Waals surface area contributed by atoms with Gasteiger partial charge in [0.1, 0.15) is 11.9 Å². The van der Waals surface area contributed by atoms with Crippen LogP contribution in [0, 0.1) is 5.92 Å². The normalized spacial score (nSPS) is 22.3. The molecule has 1 amide bonds. The van der Waals surface area contributed by atoms with Crippen LogP contribution in [0.15, 0.2) is 4.99 Å². The van der Waals surface area contributed by atoms with Gasteiger partial charge in [-0.3, -0.25) is 20.6 Å². The Balaban J connectivity index is 2.69. The van der Waals surface area contributed by atoms with Gasteiger partial charge in [0.2, 0.25) is 0 Å². The highest BCUT2D eigenvalue weighted by atomic mass is 16.2. The van der Waals surface area contributed by atoms with Crippen LogP contribution >= 0.6 is 0 Å². The van der Waals surface area contributed by atoms with Crippen molar-refractivity contribution >= 4 is 11.7 Å². The largest absolute Gasteiger partial charge is 0.330 e. The molecular formula is C8H16N4O. The van der Waals surface area contributed by atoms with Crippen LogP contribution in [-0.2, 0) is 4.79 Å². The number of nitrogens with zero attached hydrogens (tertiary/aromatic N) is 1. The van der Waals surface area contributed by atoms with Crippen LogP contribution in [0.4, 0.5) is 0 Å². The fraction of sp³-hybridized carbons (Fsp3) is 0.750. The fourth-order valence-corrected chi connectivity index (χ4v) is 1.18. The van der Waals surface area contributed by atoms with E-state index in [0.29, 0.717) is 13.0 Å². The van der Waals surface area contributed by atoms with Gasteiger partial charge >= 0.3 is 0 Å². The monoisotopic (exact) mass is 184 g/mol. The van der Waals surface area contributed by atoms with Crippen LogP contribution in [0.3, 0.4) is 0 Å². The minimum atomic E-state index is -0.275. The maximum Gasteiger partial charge on any atom is 0.263 e. The van der Waals surface area contributed by atoms with Crippen molar-refractivity contribution in [1.29, 1.82) is 0 Å². The second-order valence-corrected chi connectivity index (χ2v) is 3.42. The lowest BCUT2D eigenvalue weighted by atomic mass is 10.0. The van der Waals surface area contributed by atoms with Crippen molar-refractivity contribution < 1.29 is 4.79 Å². The molecule has 4 N–H and O–H groups in total. The molecule has 0 aromatic carbocycles. The zero-order valence-electron chi connectivity index (χ0n) is 8.00. The third-order valence-corrected chi connectivity index (χ3v) is 1.91. The first-order valence-electron chi connectivity index (χ1n) is 4.47.